The van der Waals surface area contributed by atoms with Crippen LogP contribution in [-0.2, 0) is 19.4 Å². The van der Waals surface area contributed by atoms with Crippen LogP contribution in [0.3, 0.4) is 0 Å². The van der Waals surface area contributed by atoms with Gasteiger partial charge in [0.15, 0.2) is 5.82 Å². The number of amides is 2. The molecule has 0 saturated heterocycles. The molecule has 7 heteroatoms. The molecule has 0 atom stereocenters. The second kappa shape index (κ2) is 8.33. The van der Waals surface area contributed by atoms with E-state index < -0.39 is 0 Å². The molecule has 1 aliphatic rings. The third kappa shape index (κ3) is 4.35. The minimum absolute atomic E-state index is 0.0243. The Labute approximate surface area is 159 Å². The van der Waals surface area contributed by atoms with Crippen LogP contribution in [0.25, 0.3) is 0 Å². The van der Waals surface area contributed by atoms with Crippen molar-refractivity contribution in [1.29, 1.82) is 0 Å². The van der Waals surface area contributed by atoms with Crippen molar-refractivity contribution in [2.24, 2.45) is 0 Å². The van der Waals surface area contributed by atoms with E-state index >= 15 is 0 Å². The molecule has 0 aliphatic carbocycles. The molecule has 0 bridgehead atoms. The number of nitrogens with one attached hydrogen (secondary N) is 1. The van der Waals surface area contributed by atoms with E-state index in [0.29, 0.717) is 18.1 Å². The van der Waals surface area contributed by atoms with E-state index in [9.17, 15) is 9.59 Å². The molecule has 2 aromatic heterocycles. The van der Waals surface area contributed by atoms with E-state index in [0.717, 1.165) is 43.5 Å². The molecule has 3 rings (SSSR count). The number of carbonyl (C=O) groups is 2. The number of carbonyl (C=O) groups excluding carboxylic acids is 2. The summed E-state index contributed by atoms with van der Waals surface area (Å²) in [4.78, 5) is 35.7. The predicted octanol–water partition coefficient (Wildman–Crippen LogP) is 2.07. The Morgan fingerprint density at radius 1 is 1.26 bits per heavy atom. The highest BCUT2D eigenvalue weighted by atomic mass is 16.2. The summed E-state index contributed by atoms with van der Waals surface area (Å²) >= 11 is 0. The smallest absolute Gasteiger partial charge is 0.287 e. The zero-order valence-electron chi connectivity index (χ0n) is 16.2. The van der Waals surface area contributed by atoms with Crippen LogP contribution in [0.15, 0.2) is 24.5 Å². The summed E-state index contributed by atoms with van der Waals surface area (Å²) in [7, 11) is 1.78. The Hall–Kier alpha value is -2.70. The zero-order valence-corrected chi connectivity index (χ0v) is 16.2. The van der Waals surface area contributed by atoms with Crippen LogP contribution in [0.5, 0.6) is 0 Å². The molecule has 0 saturated carbocycles. The van der Waals surface area contributed by atoms with Crippen molar-refractivity contribution in [3.05, 3.63) is 47.3 Å². The second-order valence-corrected chi connectivity index (χ2v) is 7.30. The number of pyridine rings is 1. The number of hydrogen-bond acceptors (Lipinski definition) is 4. The fraction of sp³-hybridized carbons (Fsp3) is 0.500. The molecule has 0 unspecified atom stereocenters. The maximum atomic E-state index is 13.0. The van der Waals surface area contributed by atoms with Gasteiger partial charge in [-0.15, -0.1) is 0 Å². The average Bonchev–Trinajstić information content (AvgIpc) is 3.05. The van der Waals surface area contributed by atoms with Crippen LogP contribution in [0.4, 0.5) is 0 Å². The molecule has 0 radical (unpaired) electrons. The average molecular weight is 369 g/mol. The molecule has 1 N–H and O–H groups in total. The van der Waals surface area contributed by atoms with Gasteiger partial charge in [0.2, 0.25) is 0 Å². The van der Waals surface area contributed by atoms with Crippen molar-refractivity contribution in [3.8, 4) is 0 Å². The first kappa shape index (κ1) is 19.1. The molecule has 2 amide bonds. The van der Waals surface area contributed by atoms with Gasteiger partial charge < -0.3 is 14.8 Å². The fourth-order valence-electron chi connectivity index (χ4n) is 3.34. The topological polar surface area (TPSA) is 80.1 Å². The number of hydrogen-bond donors (Lipinski definition) is 1. The van der Waals surface area contributed by atoms with Crippen molar-refractivity contribution < 1.29 is 9.59 Å². The molecular formula is C20H27N5O2. The first-order valence-electron chi connectivity index (χ1n) is 9.52. The third-order valence-corrected chi connectivity index (χ3v) is 4.78. The molecular weight excluding hydrogens is 342 g/mol. The highest BCUT2D eigenvalue weighted by molar-refractivity contribution is 5.97. The van der Waals surface area contributed by atoms with E-state index in [1.807, 2.05) is 30.5 Å². The first-order chi connectivity index (χ1) is 13.0. The molecule has 0 spiro atoms. The van der Waals surface area contributed by atoms with Gasteiger partial charge in [-0.3, -0.25) is 14.6 Å². The molecule has 0 fully saturated rings. The summed E-state index contributed by atoms with van der Waals surface area (Å²) in [6.07, 6.45) is 7.04. The first-order valence-corrected chi connectivity index (χ1v) is 9.52. The summed E-state index contributed by atoms with van der Waals surface area (Å²) in [5.74, 6) is 0.00854. The minimum atomic E-state index is -0.216. The largest absolute Gasteiger partial charge is 0.347 e. The van der Waals surface area contributed by atoms with E-state index in [1.54, 1.807) is 24.3 Å². The lowest BCUT2D eigenvalue weighted by Gasteiger charge is -2.19. The number of fused-ring (bicyclic) bond motifs is 1. The monoisotopic (exact) mass is 369 g/mol. The van der Waals surface area contributed by atoms with E-state index in [-0.39, 0.29) is 17.9 Å². The van der Waals surface area contributed by atoms with Crippen molar-refractivity contribution in [2.45, 2.75) is 52.1 Å². The number of imidazole rings is 1. The van der Waals surface area contributed by atoms with Crippen LogP contribution in [-0.4, -0.2) is 50.9 Å². The zero-order chi connectivity index (χ0) is 19.4. The lowest BCUT2D eigenvalue weighted by Crippen LogP contribution is -2.33. The van der Waals surface area contributed by atoms with Gasteiger partial charge >= 0.3 is 0 Å². The summed E-state index contributed by atoms with van der Waals surface area (Å²) in [6, 6.07) is 3.92. The quantitative estimate of drug-likeness (QED) is 0.845. The molecule has 2 aromatic rings. The van der Waals surface area contributed by atoms with Crippen molar-refractivity contribution in [1.82, 2.24) is 24.8 Å². The SMILES string of the molecule is CC(C)NC(=O)c1nc(C(=O)N(C)CCc2ccncc2)c2n1CCCC2. The van der Waals surface area contributed by atoms with Gasteiger partial charge in [0.25, 0.3) is 11.8 Å². The van der Waals surface area contributed by atoms with Crippen LogP contribution in [0.2, 0.25) is 0 Å². The summed E-state index contributed by atoms with van der Waals surface area (Å²) in [6.45, 7) is 5.15. The second-order valence-electron chi connectivity index (χ2n) is 7.30. The molecule has 7 nitrogen and oxygen atoms in total. The van der Waals surface area contributed by atoms with Crippen molar-refractivity contribution in [2.75, 3.05) is 13.6 Å². The van der Waals surface area contributed by atoms with Crippen molar-refractivity contribution in [3.63, 3.8) is 0 Å². The van der Waals surface area contributed by atoms with Gasteiger partial charge in [-0.1, -0.05) is 0 Å². The molecule has 1 aliphatic heterocycles. The van der Waals surface area contributed by atoms with Crippen LogP contribution in [0.1, 0.15) is 59.1 Å². The highest BCUT2D eigenvalue weighted by Crippen LogP contribution is 2.22. The standard InChI is InChI=1S/C20H27N5O2/c1-14(2)22-19(26)18-23-17(16-6-4-5-12-25(16)18)20(27)24(3)13-9-15-7-10-21-11-8-15/h7-8,10-11,14H,4-6,9,12-13H2,1-3H3,(H,22,26). The number of aromatic nitrogens is 3. The van der Waals surface area contributed by atoms with Crippen LogP contribution in [0, 0.1) is 0 Å². The predicted molar refractivity (Wildman–Crippen MR) is 103 cm³/mol. The lowest BCUT2D eigenvalue weighted by atomic mass is 10.1. The van der Waals surface area contributed by atoms with Gasteiger partial charge in [-0.05, 0) is 57.2 Å². The van der Waals surface area contributed by atoms with Gasteiger partial charge in [-0.25, -0.2) is 4.98 Å². The van der Waals surface area contributed by atoms with Crippen LogP contribution >= 0.6 is 0 Å². The summed E-state index contributed by atoms with van der Waals surface area (Å²) < 4.78 is 1.92. The Morgan fingerprint density at radius 2 is 2.00 bits per heavy atom. The maximum Gasteiger partial charge on any atom is 0.287 e. The van der Waals surface area contributed by atoms with E-state index in [1.165, 1.54) is 0 Å². The number of rotatable bonds is 6. The molecule has 144 valence electrons. The Kier molecular flexibility index (Phi) is 5.88. The summed E-state index contributed by atoms with van der Waals surface area (Å²) in [5, 5.41) is 2.88. The normalized spacial score (nSPS) is 13.3. The maximum absolute atomic E-state index is 13.0. The molecule has 3 heterocycles. The van der Waals surface area contributed by atoms with Gasteiger partial charge in [0, 0.05) is 38.6 Å². The van der Waals surface area contributed by atoms with E-state index in [2.05, 4.69) is 15.3 Å². The minimum Gasteiger partial charge on any atom is -0.347 e. The Morgan fingerprint density at radius 3 is 2.70 bits per heavy atom. The fourth-order valence-corrected chi connectivity index (χ4v) is 3.34. The van der Waals surface area contributed by atoms with Gasteiger partial charge in [-0.2, -0.15) is 0 Å². The van der Waals surface area contributed by atoms with E-state index in [4.69, 9.17) is 0 Å². The number of likely N-dealkylation sites (N-methyl/N-ethyl adjacent to an activating group) is 1. The Balaban J connectivity index is 1.79. The highest BCUT2D eigenvalue weighted by Gasteiger charge is 2.29. The van der Waals surface area contributed by atoms with Gasteiger partial charge in [0.1, 0.15) is 5.69 Å². The van der Waals surface area contributed by atoms with Crippen LogP contribution < -0.4 is 5.32 Å². The summed E-state index contributed by atoms with van der Waals surface area (Å²) in [5.41, 5.74) is 2.44. The Bertz CT molecular complexity index is 813. The molecule has 27 heavy (non-hydrogen) atoms. The molecule has 0 aromatic carbocycles. The van der Waals surface area contributed by atoms with Gasteiger partial charge in [0.05, 0.1) is 5.69 Å². The lowest BCUT2D eigenvalue weighted by molar-refractivity contribution is 0.0789. The third-order valence-electron chi connectivity index (χ3n) is 4.78. The van der Waals surface area contributed by atoms with Crippen molar-refractivity contribution >= 4 is 11.8 Å². The number of nitrogens with zero attached hydrogens (tertiary/aromatic N) is 4.